The van der Waals surface area contributed by atoms with E-state index in [9.17, 15) is 4.79 Å². The molecule has 0 N–H and O–H groups in total. The number of aromatic nitrogens is 4. The zero-order valence-electron chi connectivity index (χ0n) is 18.4. The minimum atomic E-state index is -0.305. The zero-order valence-corrected chi connectivity index (χ0v) is 19.3. The summed E-state index contributed by atoms with van der Waals surface area (Å²) in [4.78, 5) is 13.3. The van der Waals surface area contributed by atoms with E-state index in [1.807, 2.05) is 66.7 Å². The summed E-state index contributed by atoms with van der Waals surface area (Å²) in [6.45, 7) is 0.531. The van der Waals surface area contributed by atoms with Gasteiger partial charge in [0.1, 0.15) is 17.6 Å². The van der Waals surface area contributed by atoms with Crippen LogP contribution in [0.4, 0.5) is 0 Å². The summed E-state index contributed by atoms with van der Waals surface area (Å²) in [5.74, 6) is 1.46. The molecule has 9 nitrogen and oxygen atoms in total. The molecule has 0 saturated heterocycles. The second-order valence-corrected chi connectivity index (χ2v) is 8.58. The molecule has 1 aliphatic heterocycles. The maximum atomic E-state index is 13.3. The fourth-order valence-electron chi connectivity index (χ4n) is 3.75. The summed E-state index contributed by atoms with van der Waals surface area (Å²) >= 11 is 1.29. The number of amides is 1. The second kappa shape index (κ2) is 9.92. The smallest absolute Gasteiger partial charge is 0.253 e. The predicted octanol–water partition coefficient (Wildman–Crippen LogP) is 3.79. The van der Waals surface area contributed by atoms with Crippen molar-refractivity contribution in [2.45, 2.75) is 24.2 Å². The molecule has 10 heteroatoms. The Labute approximate surface area is 200 Å². The summed E-state index contributed by atoms with van der Waals surface area (Å²) in [6, 6.07) is 20.9. The molecule has 1 unspecified atom stereocenters. The number of tetrazole rings is 1. The summed E-state index contributed by atoms with van der Waals surface area (Å²) in [6.07, 6.45) is 2.16. The lowest BCUT2D eigenvalue weighted by Crippen LogP contribution is -2.28. The van der Waals surface area contributed by atoms with E-state index in [1.165, 1.54) is 16.8 Å². The number of furan rings is 1. The molecule has 0 fully saturated rings. The van der Waals surface area contributed by atoms with Gasteiger partial charge in [0.05, 0.1) is 31.4 Å². The molecule has 3 heterocycles. The van der Waals surface area contributed by atoms with E-state index >= 15 is 0 Å². The van der Waals surface area contributed by atoms with Crippen molar-refractivity contribution in [2.24, 2.45) is 5.10 Å². The van der Waals surface area contributed by atoms with Crippen LogP contribution in [0.5, 0.6) is 5.75 Å². The largest absolute Gasteiger partial charge is 0.497 e. The van der Waals surface area contributed by atoms with Crippen molar-refractivity contribution >= 4 is 23.4 Å². The average Bonchev–Trinajstić information content (AvgIpc) is 3.64. The molecule has 0 bridgehead atoms. The summed E-state index contributed by atoms with van der Waals surface area (Å²) in [5.41, 5.74) is 2.83. The van der Waals surface area contributed by atoms with Gasteiger partial charge in [-0.05, 0) is 58.0 Å². The van der Waals surface area contributed by atoms with Crippen LogP contribution < -0.4 is 4.74 Å². The van der Waals surface area contributed by atoms with E-state index < -0.39 is 0 Å². The van der Waals surface area contributed by atoms with Crippen LogP contribution in [0.2, 0.25) is 0 Å². The Morgan fingerprint density at radius 3 is 2.68 bits per heavy atom. The molecular weight excluding hydrogens is 452 g/mol. The standard InChI is InChI=1S/C24H22N6O3S/c1-32-19-11-9-18(10-12-19)20-14-21(22-8-5-13-33-22)30(26-20)23(31)16-34-24-25-27-28-29(24)15-17-6-3-2-4-7-17/h2-13,21H,14-16H2,1H3. The van der Waals surface area contributed by atoms with Gasteiger partial charge in [-0.1, -0.05) is 42.1 Å². The molecule has 0 radical (unpaired) electrons. The van der Waals surface area contributed by atoms with Crippen LogP contribution >= 0.6 is 11.8 Å². The van der Waals surface area contributed by atoms with Crippen LogP contribution in [-0.4, -0.2) is 49.7 Å². The molecule has 172 valence electrons. The Balaban J connectivity index is 1.32. The molecule has 2 aromatic carbocycles. The van der Waals surface area contributed by atoms with Gasteiger partial charge in [0.15, 0.2) is 0 Å². The van der Waals surface area contributed by atoms with Gasteiger partial charge < -0.3 is 9.15 Å². The van der Waals surface area contributed by atoms with Crippen LogP contribution in [0.1, 0.15) is 29.3 Å². The third-order valence-electron chi connectivity index (χ3n) is 5.46. The Morgan fingerprint density at radius 2 is 1.94 bits per heavy atom. The number of hydrazone groups is 1. The molecule has 34 heavy (non-hydrogen) atoms. The van der Waals surface area contributed by atoms with Crippen molar-refractivity contribution in [3.8, 4) is 5.75 Å². The number of hydrogen-bond donors (Lipinski definition) is 0. The first-order chi connectivity index (χ1) is 16.7. The molecule has 0 aliphatic carbocycles. The van der Waals surface area contributed by atoms with Crippen LogP contribution in [0.25, 0.3) is 0 Å². The van der Waals surface area contributed by atoms with Crippen molar-refractivity contribution in [1.29, 1.82) is 0 Å². The predicted molar refractivity (Wildman–Crippen MR) is 127 cm³/mol. The van der Waals surface area contributed by atoms with Gasteiger partial charge in [0.25, 0.3) is 5.91 Å². The van der Waals surface area contributed by atoms with Gasteiger partial charge in [-0.15, -0.1) is 5.10 Å². The van der Waals surface area contributed by atoms with Crippen molar-refractivity contribution in [2.75, 3.05) is 12.9 Å². The minimum Gasteiger partial charge on any atom is -0.497 e. The number of hydrogen-bond acceptors (Lipinski definition) is 8. The van der Waals surface area contributed by atoms with E-state index in [0.717, 1.165) is 22.6 Å². The lowest BCUT2D eigenvalue weighted by molar-refractivity contribution is -0.130. The lowest BCUT2D eigenvalue weighted by Gasteiger charge is -2.19. The lowest BCUT2D eigenvalue weighted by atomic mass is 10.0. The van der Waals surface area contributed by atoms with Crippen molar-refractivity contribution in [1.82, 2.24) is 25.2 Å². The Hall–Kier alpha value is -3.92. The first-order valence-corrected chi connectivity index (χ1v) is 11.7. The van der Waals surface area contributed by atoms with E-state index in [-0.39, 0.29) is 17.7 Å². The van der Waals surface area contributed by atoms with Crippen LogP contribution in [0.3, 0.4) is 0 Å². The van der Waals surface area contributed by atoms with Crippen molar-refractivity contribution in [3.05, 3.63) is 89.9 Å². The van der Waals surface area contributed by atoms with Gasteiger partial charge in [-0.2, -0.15) is 5.10 Å². The highest BCUT2D eigenvalue weighted by Gasteiger charge is 2.35. The molecule has 4 aromatic rings. The SMILES string of the molecule is COc1ccc(C2=NN(C(=O)CSc3nnnn3Cc3ccccc3)C(c3ccco3)C2)cc1. The normalized spacial score (nSPS) is 15.4. The highest BCUT2D eigenvalue weighted by atomic mass is 32.2. The second-order valence-electron chi connectivity index (χ2n) is 7.64. The molecular formula is C24H22N6O3S. The molecule has 5 rings (SSSR count). The van der Waals surface area contributed by atoms with Gasteiger partial charge >= 0.3 is 0 Å². The third-order valence-corrected chi connectivity index (χ3v) is 6.40. The molecule has 1 aliphatic rings. The summed E-state index contributed by atoms with van der Waals surface area (Å²) in [5, 5.41) is 18.7. The summed E-state index contributed by atoms with van der Waals surface area (Å²) in [7, 11) is 1.63. The topological polar surface area (TPSA) is 98.6 Å². The van der Waals surface area contributed by atoms with Crippen molar-refractivity contribution < 1.29 is 13.9 Å². The molecule has 0 spiro atoms. The Morgan fingerprint density at radius 1 is 1.12 bits per heavy atom. The zero-order chi connectivity index (χ0) is 23.3. The monoisotopic (exact) mass is 474 g/mol. The Bertz CT molecular complexity index is 1270. The van der Waals surface area contributed by atoms with E-state index in [2.05, 4.69) is 20.6 Å². The highest BCUT2D eigenvalue weighted by molar-refractivity contribution is 7.99. The number of nitrogens with zero attached hydrogens (tertiary/aromatic N) is 6. The van der Waals surface area contributed by atoms with Crippen LogP contribution in [0.15, 0.2) is 87.7 Å². The van der Waals surface area contributed by atoms with E-state index in [0.29, 0.717) is 23.9 Å². The third kappa shape index (κ3) is 4.72. The molecule has 0 saturated carbocycles. The average molecular weight is 475 g/mol. The van der Waals surface area contributed by atoms with Crippen molar-refractivity contribution in [3.63, 3.8) is 0 Å². The number of ether oxygens (including phenoxy) is 1. The fourth-order valence-corrected chi connectivity index (χ4v) is 4.48. The van der Waals surface area contributed by atoms with Gasteiger partial charge in [0, 0.05) is 6.42 Å². The minimum absolute atomic E-state index is 0.145. The molecule has 2 aromatic heterocycles. The number of rotatable bonds is 8. The van der Waals surface area contributed by atoms with Crippen LogP contribution in [0, 0.1) is 0 Å². The fraction of sp³-hybridized carbons (Fsp3) is 0.208. The number of benzene rings is 2. The number of carbonyl (C=O) groups is 1. The number of thioether (sulfide) groups is 1. The number of carbonyl (C=O) groups excluding carboxylic acids is 1. The first kappa shape index (κ1) is 21.9. The Kier molecular flexibility index (Phi) is 6.39. The van der Waals surface area contributed by atoms with Gasteiger partial charge in [-0.3, -0.25) is 4.79 Å². The van der Waals surface area contributed by atoms with Gasteiger partial charge in [0.2, 0.25) is 5.16 Å². The molecule has 1 atom stereocenters. The van der Waals surface area contributed by atoms with Gasteiger partial charge in [-0.25, -0.2) is 9.69 Å². The first-order valence-electron chi connectivity index (χ1n) is 10.7. The molecule has 1 amide bonds. The number of methoxy groups -OCH3 is 1. The quantitative estimate of drug-likeness (QED) is 0.358. The highest BCUT2D eigenvalue weighted by Crippen LogP contribution is 2.34. The maximum absolute atomic E-state index is 13.3. The summed E-state index contributed by atoms with van der Waals surface area (Å²) < 4.78 is 12.6. The van der Waals surface area contributed by atoms with E-state index in [4.69, 9.17) is 9.15 Å². The maximum Gasteiger partial charge on any atom is 0.253 e. The van der Waals surface area contributed by atoms with E-state index in [1.54, 1.807) is 18.1 Å². The van der Waals surface area contributed by atoms with Crippen LogP contribution in [-0.2, 0) is 11.3 Å².